The Morgan fingerprint density at radius 3 is 2.55 bits per heavy atom. The molecule has 0 bridgehead atoms. The van der Waals surface area contributed by atoms with Crippen molar-refractivity contribution in [2.45, 2.75) is 13.8 Å². The first-order valence-corrected chi connectivity index (χ1v) is 9.45. The largest absolute Gasteiger partial charge is 0.496 e. The molecule has 0 spiro atoms. The Bertz CT molecular complexity index is 932. The van der Waals surface area contributed by atoms with Crippen molar-refractivity contribution in [2.24, 2.45) is 5.10 Å². The number of methoxy groups -OCH3 is 1. The summed E-state index contributed by atoms with van der Waals surface area (Å²) in [7, 11) is 1.37. The Labute approximate surface area is 175 Å². The molecular formula is C19H20BrN3O6. The molecule has 154 valence electrons. The van der Waals surface area contributed by atoms with E-state index in [1.165, 1.54) is 25.5 Å². The second-order valence-corrected chi connectivity index (χ2v) is 6.39. The number of nitrogens with zero attached hydrogens (tertiary/aromatic N) is 2. The van der Waals surface area contributed by atoms with Crippen LogP contribution in [-0.4, -0.2) is 37.4 Å². The fraction of sp³-hybridized carbons (Fsp3) is 0.263. The first kappa shape index (κ1) is 22.2. The molecule has 1 amide bonds. The number of halogens is 1. The minimum atomic E-state index is -0.642. The molecule has 0 saturated heterocycles. The molecule has 0 unspecified atom stereocenters. The highest BCUT2D eigenvalue weighted by atomic mass is 79.9. The zero-order chi connectivity index (χ0) is 21.4. The molecule has 0 aliphatic rings. The Morgan fingerprint density at radius 2 is 1.93 bits per heavy atom. The van der Waals surface area contributed by atoms with Crippen LogP contribution in [0.3, 0.4) is 0 Å². The molecule has 0 fully saturated rings. The van der Waals surface area contributed by atoms with Crippen LogP contribution in [0.5, 0.6) is 17.2 Å². The molecule has 0 atom stereocenters. The van der Waals surface area contributed by atoms with Crippen molar-refractivity contribution in [3.8, 4) is 17.2 Å². The van der Waals surface area contributed by atoms with Crippen molar-refractivity contribution >= 4 is 33.7 Å². The molecule has 10 heteroatoms. The fourth-order valence-electron chi connectivity index (χ4n) is 2.42. The normalized spacial score (nSPS) is 10.6. The van der Waals surface area contributed by atoms with Gasteiger partial charge in [-0.25, -0.2) is 5.43 Å². The molecule has 9 nitrogen and oxygen atoms in total. The molecule has 1 N–H and O–H groups in total. The monoisotopic (exact) mass is 465 g/mol. The van der Waals surface area contributed by atoms with E-state index in [1.807, 2.05) is 13.8 Å². The Kier molecular flexibility index (Phi) is 7.96. The first-order chi connectivity index (χ1) is 13.9. The van der Waals surface area contributed by atoms with Crippen molar-refractivity contribution in [1.29, 1.82) is 0 Å². The summed E-state index contributed by atoms with van der Waals surface area (Å²) < 4.78 is 16.9. The highest BCUT2D eigenvalue weighted by molar-refractivity contribution is 9.10. The van der Waals surface area contributed by atoms with E-state index in [-0.39, 0.29) is 17.0 Å². The predicted octanol–water partition coefficient (Wildman–Crippen LogP) is 3.93. The molecule has 29 heavy (non-hydrogen) atoms. The summed E-state index contributed by atoms with van der Waals surface area (Å²) in [4.78, 5) is 22.7. The number of hydrogen-bond acceptors (Lipinski definition) is 7. The Hall–Kier alpha value is -3.14. The maximum atomic E-state index is 12.4. The van der Waals surface area contributed by atoms with E-state index in [0.717, 1.165) is 6.07 Å². The van der Waals surface area contributed by atoms with Crippen molar-refractivity contribution in [2.75, 3.05) is 20.3 Å². The van der Waals surface area contributed by atoms with E-state index in [4.69, 9.17) is 14.2 Å². The van der Waals surface area contributed by atoms with E-state index in [1.54, 1.807) is 12.1 Å². The maximum absolute atomic E-state index is 12.4. The number of amides is 1. The molecule has 0 radical (unpaired) electrons. The van der Waals surface area contributed by atoms with Gasteiger partial charge in [-0.1, -0.05) is 0 Å². The lowest BCUT2D eigenvalue weighted by Gasteiger charge is -2.13. The SMILES string of the molecule is CCOc1cc(/C=N\NC(=O)c2cc([N+](=O)[O-])ccc2OC)cc(Br)c1OCC. The van der Waals surface area contributed by atoms with Gasteiger partial charge in [0.25, 0.3) is 11.6 Å². The highest BCUT2D eigenvalue weighted by Gasteiger charge is 2.17. The number of carbonyl (C=O) groups is 1. The van der Waals surface area contributed by atoms with Crippen LogP contribution < -0.4 is 19.6 Å². The van der Waals surface area contributed by atoms with E-state index in [2.05, 4.69) is 26.5 Å². The number of rotatable bonds is 9. The van der Waals surface area contributed by atoms with Gasteiger partial charge in [-0.15, -0.1) is 0 Å². The predicted molar refractivity (Wildman–Crippen MR) is 111 cm³/mol. The molecule has 0 aliphatic carbocycles. The molecule has 0 aliphatic heterocycles. The number of carbonyl (C=O) groups excluding carboxylic acids is 1. The molecule has 0 saturated carbocycles. The van der Waals surface area contributed by atoms with Crippen LogP contribution in [0.4, 0.5) is 5.69 Å². The summed E-state index contributed by atoms with van der Waals surface area (Å²) in [6, 6.07) is 7.23. The van der Waals surface area contributed by atoms with Gasteiger partial charge < -0.3 is 14.2 Å². The van der Waals surface area contributed by atoms with Crippen molar-refractivity contribution in [3.05, 3.63) is 56.0 Å². The fourth-order valence-corrected chi connectivity index (χ4v) is 3.00. The first-order valence-electron chi connectivity index (χ1n) is 8.66. The van der Waals surface area contributed by atoms with Gasteiger partial charge in [0.2, 0.25) is 0 Å². The second-order valence-electron chi connectivity index (χ2n) is 5.54. The van der Waals surface area contributed by atoms with Gasteiger partial charge >= 0.3 is 0 Å². The summed E-state index contributed by atoms with van der Waals surface area (Å²) in [5, 5.41) is 14.9. The zero-order valence-electron chi connectivity index (χ0n) is 16.1. The quantitative estimate of drug-likeness (QED) is 0.341. The van der Waals surface area contributed by atoms with E-state index >= 15 is 0 Å². The van der Waals surface area contributed by atoms with Crippen LogP contribution in [0.15, 0.2) is 39.9 Å². The van der Waals surface area contributed by atoms with Crippen LogP contribution in [0, 0.1) is 10.1 Å². The smallest absolute Gasteiger partial charge is 0.275 e. The average molecular weight is 466 g/mol. The molecular weight excluding hydrogens is 446 g/mol. The third-order valence-corrected chi connectivity index (χ3v) is 4.23. The van der Waals surface area contributed by atoms with Crippen LogP contribution in [0.1, 0.15) is 29.8 Å². The third-order valence-electron chi connectivity index (χ3n) is 3.64. The number of ether oxygens (including phenoxy) is 3. The van der Waals surface area contributed by atoms with Crippen LogP contribution in [0.2, 0.25) is 0 Å². The van der Waals surface area contributed by atoms with Crippen molar-refractivity contribution in [1.82, 2.24) is 5.43 Å². The lowest BCUT2D eigenvalue weighted by atomic mass is 10.1. The second kappa shape index (κ2) is 10.4. The van der Waals surface area contributed by atoms with Gasteiger partial charge in [0.1, 0.15) is 5.75 Å². The number of hydrogen-bond donors (Lipinski definition) is 1. The van der Waals surface area contributed by atoms with E-state index in [0.29, 0.717) is 34.7 Å². The lowest BCUT2D eigenvalue weighted by Crippen LogP contribution is -2.18. The van der Waals surface area contributed by atoms with Crippen molar-refractivity contribution in [3.63, 3.8) is 0 Å². The van der Waals surface area contributed by atoms with Crippen LogP contribution >= 0.6 is 15.9 Å². The molecule has 2 aromatic rings. The number of benzene rings is 2. The standard InChI is InChI=1S/C19H20BrN3O6/c1-4-28-17-9-12(8-15(20)18(17)29-5-2)11-21-22-19(24)14-10-13(23(25)26)6-7-16(14)27-3/h6-11H,4-5H2,1-3H3,(H,22,24)/b21-11-. The van der Waals surface area contributed by atoms with Gasteiger partial charge in [-0.3, -0.25) is 14.9 Å². The summed E-state index contributed by atoms with van der Waals surface area (Å²) in [6.45, 7) is 4.66. The number of nitrogens with one attached hydrogen (secondary N) is 1. The summed E-state index contributed by atoms with van der Waals surface area (Å²) in [5.41, 5.74) is 2.76. The van der Waals surface area contributed by atoms with Gasteiger partial charge in [0.05, 0.1) is 41.5 Å². The molecule has 0 aromatic heterocycles. The Morgan fingerprint density at radius 1 is 1.21 bits per heavy atom. The zero-order valence-corrected chi connectivity index (χ0v) is 17.7. The van der Waals surface area contributed by atoms with Gasteiger partial charge in [0.15, 0.2) is 11.5 Å². The summed E-state index contributed by atoms with van der Waals surface area (Å²) in [6.07, 6.45) is 1.42. The number of non-ortho nitro benzene ring substituents is 1. The van der Waals surface area contributed by atoms with Gasteiger partial charge in [-0.05, 0) is 53.5 Å². The topological polar surface area (TPSA) is 112 Å². The number of nitro benzene ring substituents is 1. The lowest BCUT2D eigenvalue weighted by molar-refractivity contribution is -0.384. The number of hydrazone groups is 1. The van der Waals surface area contributed by atoms with E-state index < -0.39 is 10.8 Å². The minimum Gasteiger partial charge on any atom is -0.496 e. The van der Waals surface area contributed by atoms with E-state index in [9.17, 15) is 14.9 Å². The summed E-state index contributed by atoms with van der Waals surface area (Å²) in [5.74, 6) is 0.677. The third kappa shape index (κ3) is 5.67. The maximum Gasteiger partial charge on any atom is 0.275 e. The van der Waals surface area contributed by atoms with Gasteiger partial charge in [-0.2, -0.15) is 5.10 Å². The Balaban J connectivity index is 2.22. The van der Waals surface area contributed by atoms with Crippen LogP contribution in [-0.2, 0) is 0 Å². The minimum absolute atomic E-state index is 0.00160. The molecule has 0 heterocycles. The average Bonchev–Trinajstić information content (AvgIpc) is 2.70. The summed E-state index contributed by atoms with van der Waals surface area (Å²) >= 11 is 3.43. The van der Waals surface area contributed by atoms with Crippen molar-refractivity contribution < 1.29 is 23.9 Å². The molecule has 2 rings (SSSR count). The van der Waals surface area contributed by atoms with Crippen LogP contribution in [0.25, 0.3) is 0 Å². The number of nitro groups is 1. The van der Waals surface area contributed by atoms with Gasteiger partial charge in [0, 0.05) is 12.1 Å². The molecule has 2 aromatic carbocycles. The highest BCUT2D eigenvalue weighted by Crippen LogP contribution is 2.36.